The van der Waals surface area contributed by atoms with E-state index in [1.54, 1.807) is 12.1 Å². The second-order valence-corrected chi connectivity index (χ2v) is 6.54. The van der Waals surface area contributed by atoms with Crippen LogP contribution in [0.15, 0.2) is 59.6 Å². The second-order valence-electron chi connectivity index (χ2n) is 4.75. The molecule has 0 bridgehead atoms. The van der Waals surface area contributed by atoms with Gasteiger partial charge in [0.05, 0.1) is 4.90 Å². The highest BCUT2D eigenvalue weighted by Gasteiger charge is 2.10. The number of nitrogens with one attached hydrogen (secondary N) is 3. The molecule has 0 spiro atoms. The minimum Gasteiger partial charge on any atom is -0.361 e. The zero-order valence-electron chi connectivity index (χ0n) is 11.0. The molecule has 3 N–H and O–H groups in total. The van der Waals surface area contributed by atoms with Crippen molar-refractivity contribution in [2.45, 2.75) is 11.8 Å². The van der Waals surface area contributed by atoms with Gasteiger partial charge in [-0.3, -0.25) is 4.72 Å². The minimum absolute atomic E-state index is 0.484. The van der Waals surface area contributed by atoms with E-state index in [-0.39, 0.29) is 0 Å². The van der Waals surface area contributed by atoms with Crippen LogP contribution in [0.3, 0.4) is 0 Å². The number of rotatable bonds is 3. The lowest BCUT2D eigenvalue weighted by Crippen LogP contribution is -2.11. The maximum atomic E-state index is 12.5. The molecule has 1 heterocycles. The number of aromatic amines is 1. The Labute approximate surface area is 117 Å². The van der Waals surface area contributed by atoms with E-state index in [4.69, 9.17) is 4.78 Å². The summed E-state index contributed by atoms with van der Waals surface area (Å²) in [6.45, 7) is 1.96. The zero-order chi connectivity index (χ0) is 14.2. The van der Waals surface area contributed by atoms with Crippen LogP contribution in [0.25, 0.3) is 10.9 Å². The van der Waals surface area contributed by atoms with Crippen LogP contribution in [0.4, 0.5) is 5.69 Å². The summed E-state index contributed by atoms with van der Waals surface area (Å²) in [6.07, 6.45) is 1.85. The van der Waals surface area contributed by atoms with Gasteiger partial charge < -0.3 is 4.98 Å². The summed E-state index contributed by atoms with van der Waals surface area (Å²) in [4.78, 5) is 3.59. The number of aromatic nitrogens is 1. The van der Waals surface area contributed by atoms with Crippen molar-refractivity contribution in [3.05, 3.63) is 60.3 Å². The molecule has 5 heteroatoms. The van der Waals surface area contributed by atoms with Gasteiger partial charge in [0.2, 0.25) is 0 Å². The molecule has 4 nitrogen and oxygen atoms in total. The van der Waals surface area contributed by atoms with Gasteiger partial charge in [-0.05, 0) is 43.3 Å². The van der Waals surface area contributed by atoms with Crippen molar-refractivity contribution < 1.29 is 4.21 Å². The summed E-state index contributed by atoms with van der Waals surface area (Å²) < 4.78 is 23.4. The van der Waals surface area contributed by atoms with Gasteiger partial charge in [0.25, 0.3) is 0 Å². The van der Waals surface area contributed by atoms with E-state index in [0.717, 1.165) is 16.5 Å². The van der Waals surface area contributed by atoms with Crippen molar-refractivity contribution in [3.63, 3.8) is 0 Å². The Morgan fingerprint density at radius 1 is 1.10 bits per heavy atom. The Bertz CT molecular complexity index is 848. The van der Waals surface area contributed by atoms with Crippen LogP contribution >= 0.6 is 0 Å². The summed E-state index contributed by atoms with van der Waals surface area (Å²) in [7, 11) is -3.04. The predicted molar refractivity (Wildman–Crippen MR) is 82.2 cm³/mol. The highest BCUT2D eigenvalue weighted by atomic mass is 32.2. The molecule has 0 saturated heterocycles. The van der Waals surface area contributed by atoms with Gasteiger partial charge in [-0.25, -0.2) is 8.99 Å². The molecule has 1 unspecified atom stereocenters. The molecular formula is C15H15N3OS. The Balaban J connectivity index is 1.94. The number of H-pyrrole nitrogens is 1. The van der Waals surface area contributed by atoms with E-state index >= 15 is 0 Å². The fourth-order valence-electron chi connectivity index (χ4n) is 2.07. The molecule has 0 amide bonds. The molecule has 0 fully saturated rings. The number of hydrogen-bond donors (Lipinski definition) is 3. The Morgan fingerprint density at radius 3 is 2.60 bits per heavy atom. The van der Waals surface area contributed by atoms with Crippen LogP contribution in [0.2, 0.25) is 0 Å². The molecule has 3 aromatic rings. The molecule has 0 aliphatic heterocycles. The first-order chi connectivity index (χ1) is 9.54. The molecule has 0 radical (unpaired) electrons. The highest BCUT2D eigenvalue weighted by molar-refractivity contribution is 7.93. The molecule has 1 aromatic heterocycles. The van der Waals surface area contributed by atoms with Crippen molar-refractivity contribution in [3.8, 4) is 0 Å². The smallest absolute Gasteiger partial charge is 0.156 e. The maximum Gasteiger partial charge on any atom is 0.156 e. The van der Waals surface area contributed by atoms with Crippen molar-refractivity contribution in [2.24, 2.45) is 0 Å². The summed E-state index contributed by atoms with van der Waals surface area (Å²) >= 11 is 0. The highest BCUT2D eigenvalue weighted by Crippen LogP contribution is 2.21. The average molecular weight is 285 g/mol. The Morgan fingerprint density at radius 2 is 1.85 bits per heavy atom. The molecule has 2 aromatic carbocycles. The van der Waals surface area contributed by atoms with E-state index in [1.807, 2.05) is 49.5 Å². The number of aryl methyl sites for hydroxylation is 1. The van der Waals surface area contributed by atoms with Gasteiger partial charge in [0, 0.05) is 22.8 Å². The van der Waals surface area contributed by atoms with E-state index in [1.165, 1.54) is 0 Å². The Hall–Kier alpha value is -2.27. The number of fused-ring (bicyclic) bond motifs is 1. The minimum atomic E-state index is -3.04. The zero-order valence-corrected chi connectivity index (χ0v) is 11.8. The molecule has 0 saturated carbocycles. The third-order valence-electron chi connectivity index (χ3n) is 3.17. The average Bonchev–Trinajstić information content (AvgIpc) is 2.86. The number of hydrogen-bond acceptors (Lipinski definition) is 2. The molecule has 1 atom stereocenters. The van der Waals surface area contributed by atoms with Gasteiger partial charge in [0.1, 0.15) is 0 Å². The number of anilines is 1. The van der Waals surface area contributed by atoms with Crippen LogP contribution in [-0.2, 0) is 9.92 Å². The quantitative estimate of drug-likeness (QED) is 0.671. The fraction of sp³-hybridized carbons (Fsp3) is 0.0667. The summed E-state index contributed by atoms with van der Waals surface area (Å²) in [5, 5.41) is 1.02. The topological polar surface area (TPSA) is 68.7 Å². The first-order valence-corrected chi connectivity index (χ1v) is 7.81. The maximum absolute atomic E-state index is 12.5. The SMILES string of the molecule is Cc1ccc(S(=N)(=O)Nc2ccc3[nH]ccc3c2)cc1. The van der Waals surface area contributed by atoms with Gasteiger partial charge in [0.15, 0.2) is 9.92 Å². The molecular weight excluding hydrogens is 270 g/mol. The third-order valence-corrected chi connectivity index (χ3v) is 4.63. The van der Waals surface area contributed by atoms with E-state index < -0.39 is 9.92 Å². The second kappa shape index (κ2) is 4.68. The van der Waals surface area contributed by atoms with E-state index in [0.29, 0.717) is 10.6 Å². The molecule has 0 aliphatic carbocycles. The summed E-state index contributed by atoms with van der Waals surface area (Å²) in [6, 6.07) is 14.7. The van der Waals surface area contributed by atoms with Crippen LogP contribution < -0.4 is 4.72 Å². The first-order valence-electron chi connectivity index (χ1n) is 6.25. The van der Waals surface area contributed by atoms with E-state index in [9.17, 15) is 4.21 Å². The molecule has 102 valence electrons. The van der Waals surface area contributed by atoms with Crippen LogP contribution in [0.5, 0.6) is 0 Å². The van der Waals surface area contributed by atoms with Crippen LogP contribution in [0, 0.1) is 11.7 Å². The van der Waals surface area contributed by atoms with Crippen molar-refractivity contribution >= 4 is 26.5 Å². The van der Waals surface area contributed by atoms with Gasteiger partial charge in [-0.1, -0.05) is 17.7 Å². The predicted octanol–water partition coefficient (Wildman–Crippen LogP) is 3.91. The van der Waals surface area contributed by atoms with Crippen molar-refractivity contribution in [1.82, 2.24) is 4.98 Å². The lowest BCUT2D eigenvalue weighted by molar-refractivity contribution is 0.678. The van der Waals surface area contributed by atoms with Crippen molar-refractivity contribution in [2.75, 3.05) is 4.72 Å². The standard InChI is InChI=1S/C15H15N3OS/c1-11-2-5-14(6-3-11)20(16,19)18-13-4-7-15-12(10-13)8-9-17-15/h2-10,17H,1H3,(H2,16,18,19). The normalized spacial score (nSPS) is 14.1. The molecule has 0 aliphatic rings. The Kier molecular flexibility index (Phi) is 2.99. The van der Waals surface area contributed by atoms with Crippen LogP contribution in [-0.4, -0.2) is 9.19 Å². The lowest BCUT2D eigenvalue weighted by atomic mass is 10.2. The third kappa shape index (κ3) is 2.40. The van der Waals surface area contributed by atoms with Gasteiger partial charge in [-0.15, -0.1) is 0 Å². The fourth-order valence-corrected chi connectivity index (χ4v) is 3.17. The van der Waals surface area contributed by atoms with Crippen LogP contribution in [0.1, 0.15) is 5.56 Å². The van der Waals surface area contributed by atoms with Crippen molar-refractivity contribution in [1.29, 1.82) is 4.78 Å². The molecule has 20 heavy (non-hydrogen) atoms. The largest absolute Gasteiger partial charge is 0.361 e. The number of benzene rings is 2. The molecule has 3 rings (SSSR count). The van der Waals surface area contributed by atoms with E-state index in [2.05, 4.69) is 9.71 Å². The first kappa shape index (κ1) is 12.7. The monoisotopic (exact) mass is 285 g/mol. The summed E-state index contributed by atoms with van der Waals surface area (Å²) in [5.74, 6) is 0. The van der Waals surface area contributed by atoms with Gasteiger partial charge >= 0.3 is 0 Å². The van der Waals surface area contributed by atoms with Gasteiger partial charge in [-0.2, -0.15) is 0 Å². The summed E-state index contributed by atoms with van der Waals surface area (Å²) in [5.41, 5.74) is 2.78. The lowest BCUT2D eigenvalue weighted by Gasteiger charge is -2.11.